The highest BCUT2D eigenvalue weighted by Crippen LogP contribution is 2.35. The van der Waals surface area contributed by atoms with E-state index in [2.05, 4.69) is 22.1 Å². The van der Waals surface area contributed by atoms with Gasteiger partial charge in [-0.3, -0.25) is 4.99 Å². The van der Waals surface area contributed by atoms with Crippen LogP contribution in [0.25, 0.3) is 0 Å². The van der Waals surface area contributed by atoms with Crippen LogP contribution in [0.3, 0.4) is 0 Å². The molecule has 0 radical (unpaired) electrons. The molecule has 1 aliphatic carbocycles. The number of nitrogens with zero attached hydrogens (tertiary/aromatic N) is 2. The van der Waals surface area contributed by atoms with Crippen LogP contribution in [0.5, 0.6) is 0 Å². The van der Waals surface area contributed by atoms with E-state index < -0.39 is 5.60 Å². The van der Waals surface area contributed by atoms with Gasteiger partial charge in [-0.2, -0.15) is 0 Å². The van der Waals surface area contributed by atoms with Gasteiger partial charge in [-0.1, -0.05) is 19.8 Å². The summed E-state index contributed by atoms with van der Waals surface area (Å²) in [5.74, 6) is 2.72. The normalized spacial score (nSPS) is 30.0. The molecule has 0 spiro atoms. The van der Waals surface area contributed by atoms with Crippen molar-refractivity contribution in [3.63, 3.8) is 0 Å². The largest absolute Gasteiger partial charge is 0.388 e. The average Bonchev–Trinajstić information content (AvgIpc) is 2.87. The maximum Gasteiger partial charge on any atom is 0.194 e. The lowest BCUT2D eigenvalue weighted by molar-refractivity contribution is 0.0654. The number of hydrogen-bond acceptors (Lipinski definition) is 2. The standard InChI is InChI=1S/C16H31N3O/c1-4-16(3,20)12-18-15(17-5-2)19-10-13-8-6-7-9-14(13)11-19/h13-14,20H,4-12H2,1-3H3,(H,17,18). The average molecular weight is 281 g/mol. The molecule has 20 heavy (non-hydrogen) atoms. The molecule has 1 saturated heterocycles. The van der Waals surface area contributed by atoms with Crippen LogP contribution in [-0.2, 0) is 0 Å². The lowest BCUT2D eigenvalue weighted by atomic mass is 9.82. The predicted octanol–water partition coefficient (Wildman–Crippen LogP) is 2.23. The molecule has 4 heteroatoms. The highest BCUT2D eigenvalue weighted by atomic mass is 16.3. The van der Waals surface area contributed by atoms with Gasteiger partial charge in [0.1, 0.15) is 0 Å². The van der Waals surface area contributed by atoms with Crippen LogP contribution in [0.2, 0.25) is 0 Å². The van der Waals surface area contributed by atoms with E-state index >= 15 is 0 Å². The van der Waals surface area contributed by atoms with Crippen molar-refractivity contribution in [2.45, 2.75) is 58.5 Å². The zero-order chi connectivity index (χ0) is 14.6. The summed E-state index contributed by atoms with van der Waals surface area (Å²) < 4.78 is 0. The first-order valence-corrected chi connectivity index (χ1v) is 8.31. The fraction of sp³-hybridized carbons (Fsp3) is 0.938. The van der Waals surface area contributed by atoms with E-state index in [0.29, 0.717) is 6.54 Å². The molecule has 1 heterocycles. The summed E-state index contributed by atoms with van der Waals surface area (Å²) in [6.45, 7) is 9.64. The quantitative estimate of drug-likeness (QED) is 0.614. The monoisotopic (exact) mass is 281 g/mol. The maximum atomic E-state index is 10.1. The van der Waals surface area contributed by atoms with E-state index in [0.717, 1.165) is 43.9 Å². The Kier molecular flexibility index (Phi) is 5.30. The summed E-state index contributed by atoms with van der Waals surface area (Å²) in [7, 11) is 0. The van der Waals surface area contributed by atoms with Crippen LogP contribution in [0.1, 0.15) is 52.9 Å². The third-order valence-electron chi connectivity index (χ3n) is 4.94. The summed E-state index contributed by atoms with van der Waals surface area (Å²) in [5.41, 5.74) is -0.687. The Labute approximate surface area is 123 Å². The smallest absolute Gasteiger partial charge is 0.194 e. The van der Waals surface area contributed by atoms with Crippen molar-refractivity contribution in [1.82, 2.24) is 10.2 Å². The molecule has 0 aromatic rings. The number of likely N-dealkylation sites (tertiary alicyclic amines) is 1. The molecule has 1 aliphatic heterocycles. The van der Waals surface area contributed by atoms with Crippen LogP contribution >= 0.6 is 0 Å². The van der Waals surface area contributed by atoms with Gasteiger partial charge in [0, 0.05) is 19.6 Å². The van der Waals surface area contributed by atoms with Gasteiger partial charge in [-0.25, -0.2) is 0 Å². The van der Waals surface area contributed by atoms with E-state index in [1.165, 1.54) is 25.7 Å². The summed E-state index contributed by atoms with van der Waals surface area (Å²) in [5, 5.41) is 13.5. The van der Waals surface area contributed by atoms with Gasteiger partial charge in [-0.05, 0) is 44.9 Å². The van der Waals surface area contributed by atoms with E-state index in [1.54, 1.807) is 0 Å². The van der Waals surface area contributed by atoms with Gasteiger partial charge in [0.05, 0.1) is 12.1 Å². The molecule has 0 bridgehead atoms. The first-order chi connectivity index (χ1) is 9.55. The third kappa shape index (κ3) is 3.87. The fourth-order valence-electron chi connectivity index (χ4n) is 3.36. The van der Waals surface area contributed by atoms with E-state index in [9.17, 15) is 5.11 Å². The summed E-state index contributed by atoms with van der Waals surface area (Å²) in [6, 6.07) is 0. The minimum Gasteiger partial charge on any atom is -0.388 e. The minimum atomic E-state index is -0.687. The Morgan fingerprint density at radius 2 is 1.85 bits per heavy atom. The van der Waals surface area contributed by atoms with Crippen LogP contribution in [-0.4, -0.2) is 47.7 Å². The Morgan fingerprint density at radius 1 is 1.25 bits per heavy atom. The van der Waals surface area contributed by atoms with E-state index in [4.69, 9.17) is 0 Å². The number of fused-ring (bicyclic) bond motifs is 1. The first-order valence-electron chi connectivity index (χ1n) is 8.31. The Balaban J connectivity index is 1.99. The van der Waals surface area contributed by atoms with Crippen LogP contribution in [0.15, 0.2) is 4.99 Å². The molecular weight excluding hydrogens is 250 g/mol. The van der Waals surface area contributed by atoms with Gasteiger partial charge in [0.15, 0.2) is 5.96 Å². The van der Waals surface area contributed by atoms with Gasteiger partial charge < -0.3 is 15.3 Å². The summed E-state index contributed by atoms with van der Waals surface area (Å²) in [6.07, 6.45) is 6.29. The zero-order valence-electron chi connectivity index (χ0n) is 13.4. The van der Waals surface area contributed by atoms with Crippen molar-refractivity contribution in [3.8, 4) is 0 Å². The van der Waals surface area contributed by atoms with Gasteiger partial charge in [0.2, 0.25) is 0 Å². The van der Waals surface area contributed by atoms with Gasteiger partial charge in [-0.15, -0.1) is 0 Å². The van der Waals surface area contributed by atoms with Crippen molar-refractivity contribution in [2.24, 2.45) is 16.8 Å². The van der Waals surface area contributed by atoms with Crippen LogP contribution in [0, 0.1) is 11.8 Å². The fourth-order valence-corrected chi connectivity index (χ4v) is 3.36. The molecule has 3 atom stereocenters. The van der Waals surface area contributed by atoms with Gasteiger partial charge in [0.25, 0.3) is 0 Å². The first kappa shape index (κ1) is 15.6. The number of guanidine groups is 1. The van der Waals surface area contributed by atoms with Crippen LogP contribution in [0.4, 0.5) is 0 Å². The Hall–Kier alpha value is -0.770. The molecule has 0 aromatic carbocycles. The van der Waals surface area contributed by atoms with Crippen molar-refractivity contribution in [3.05, 3.63) is 0 Å². The zero-order valence-corrected chi connectivity index (χ0v) is 13.4. The Morgan fingerprint density at radius 3 is 2.35 bits per heavy atom. The second-order valence-electron chi connectivity index (χ2n) is 6.73. The SMILES string of the molecule is CCNC(=NCC(C)(O)CC)N1CC2CCCCC2C1. The van der Waals surface area contributed by atoms with E-state index in [1.807, 2.05) is 13.8 Å². The lowest BCUT2D eigenvalue weighted by Crippen LogP contribution is -2.41. The molecular formula is C16H31N3O. The summed E-state index contributed by atoms with van der Waals surface area (Å²) in [4.78, 5) is 7.09. The maximum absolute atomic E-state index is 10.1. The molecule has 3 unspecified atom stereocenters. The second kappa shape index (κ2) is 6.79. The number of nitrogens with one attached hydrogen (secondary N) is 1. The molecule has 2 fully saturated rings. The molecule has 2 aliphatic rings. The second-order valence-corrected chi connectivity index (χ2v) is 6.73. The molecule has 0 aromatic heterocycles. The highest BCUT2D eigenvalue weighted by Gasteiger charge is 2.35. The van der Waals surface area contributed by atoms with Crippen LogP contribution < -0.4 is 5.32 Å². The number of aliphatic hydroxyl groups is 1. The number of aliphatic imine (C=N–C) groups is 1. The van der Waals surface area contributed by atoms with Crippen molar-refractivity contribution < 1.29 is 5.11 Å². The summed E-state index contributed by atoms with van der Waals surface area (Å²) >= 11 is 0. The molecule has 116 valence electrons. The molecule has 2 N–H and O–H groups in total. The lowest BCUT2D eigenvalue weighted by Gasteiger charge is -2.24. The highest BCUT2D eigenvalue weighted by molar-refractivity contribution is 5.80. The van der Waals surface area contributed by atoms with Crippen molar-refractivity contribution >= 4 is 5.96 Å². The van der Waals surface area contributed by atoms with Crippen molar-refractivity contribution in [2.75, 3.05) is 26.2 Å². The Bertz CT molecular complexity index is 327. The van der Waals surface area contributed by atoms with Gasteiger partial charge >= 0.3 is 0 Å². The third-order valence-corrected chi connectivity index (χ3v) is 4.94. The predicted molar refractivity (Wildman–Crippen MR) is 83.9 cm³/mol. The molecule has 0 amide bonds. The van der Waals surface area contributed by atoms with Crippen molar-refractivity contribution in [1.29, 1.82) is 0 Å². The molecule has 4 nitrogen and oxygen atoms in total. The van der Waals surface area contributed by atoms with E-state index in [-0.39, 0.29) is 0 Å². The molecule has 2 rings (SSSR count). The minimum absolute atomic E-state index is 0.484. The molecule has 1 saturated carbocycles. The number of hydrogen-bond donors (Lipinski definition) is 2. The topological polar surface area (TPSA) is 47.9 Å². The number of rotatable bonds is 4.